The van der Waals surface area contributed by atoms with Crippen LogP contribution in [0.5, 0.6) is 11.5 Å². The van der Waals surface area contributed by atoms with E-state index in [9.17, 15) is 54.6 Å². The quantitative estimate of drug-likeness (QED) is 0.113. The van der Waals surface area contributed by atoms with E-state index in [0.29, 0.717) is 38.9 Å². The first-order chi connectivity index (χ1) is 24.3. The van der Waals surface area contributed by atoms with Crippen molar-refractivity contribution in [2.45, 2.75) is 72.1 Å². The lowest BCUT2D eigenvalue weighted by atomic mass is 9.73. The van der Waals surface area contributed by atoms with Gasteiger partial charge in [-0.25, -0.2) is 4.79 Å². The maximum Gasteiger partial charge on any atom is 0.340 e. The zero-order chi connectivity index (χ0) is 38.8. The number of aliphatic carboxylic acids is 4. The lowest BCUT2D eigenvalue weighted by molar-refractivity contribution is -0.144. The van der Waals surface area contributed by atoms with Gasteiger partial charge in [-0.1, -0.05) is 45.9 Å². The molecular weight excluding hydrogens is 676 g/mol. The Hall–Kier alpha value is -5.47. The van der Waals surface area contributed by atoms with E-state index in [-0.39, 0.29) is 53.1 Å². The Morgan fingerprint density at radius 1 is 0.654 bits per heavy atom. The topological polar surface area (TPSA) is 222 Å². The van der Waals surface area contributed by atoms with Crippen LogP contribution in [0.15, 0.2) is 36.4 Å². The highest BCUT2D eigenvalue weighted by Gasteiger charge is 2.51. The molecule has 3 aromatic rings. The normalized spacial score (nSPS) is 13.5. The van der Waals surface area contributed by atoms with Gasteiger partial charge >= 0.3 is 29.8 Å². The Morgan fingerprint density at radius 3 is 1.37 bits per heavy atom. The fraction of sp³-hybridized carbons (Fsp3) is 0.395. The van der Waals surface area contributed by atoms with Crippen molar-refractivity contribution in [3.8, 4) is 11.5 Å². The molecule has 0 unspecified atom stereocenters. The molecule has 0 spiro atoms. The highest BCUT2D eigenvalue weighted by atomic mass is 16.6. The van der Waals surface area contributed by atoms with Gasteiger partial charge in [-0.05, 0) is 66.1 Å². The zero-order valence-corrected chi connectivity index (χ0v) is 29.9. The van der Waals surface area contributed by atoms with Gasteiger partial charge in [0.05, 0.1) is 31.7 Å². The van der Waals surface area contributed by atoms with Crippen molar-refractivity contribution >= 4 is 29.8 Å². The molecule has 3 aromatic carbocycles. The second-order valence-corrected chi connectivity index (χ2v) is 13.7. The Labute approximate surface area is 300 Å². The third kappa shape index (κ3) is 7.72. The largest absolute Gasteiger partial charge is 0.507 e. The van der Waals surface area contributed by atoms with Gasteiger partial charge in [-0.15, -0.1) is 0 Å². The Balaban J connectivity index is 2.16. The van der Waals surface area contributed by atoms with Gasteiger partial charge in [0.1, 0.15) is 11.5 Å². The minimum atomic E-state index is -1.76. The summed E-state index contributed by atoms with van der Waals surface area (Å²) in [7, 11) is 0. The maximum atomic E-state index is 13.8. The molecule has 4 rings (SSSR count). The number of fused-ring (bicyclic) bond motifs is 1. The third-order valence-electron chi connectivity index (χ3n) is 9.41. The number of carboxylic acid groups (broad SMARTS) is 4. The number of carbonyl (C=O) groups is 5. The summed E-state index contributed by atoms with van der Waals surface area (Å²) in [6.45, 7) is 7.48. The molecule has 1 heterocycles. The first-order valence-electron chi connectivity index (χ1n) is 16.7. The zero-order valence-electron chi connectivity index (χ0n) is 29.9. The number of rotatable bonds is 16. The van der Waals surface area contributed by atoms with E-state index in [0.717, 1.165) is 9.80 Å². The van der Waals surface area contributed by atoms with Crippen LogP contribution in [0.4, 0.5) is 0 Å². The molecule has 1 aliphatic rings. The molecule has 0 fully saturated rings. The van der Waals surface area contributed by atoms with Crippen LogP contribution < -0.4 is 0 Å². The van der Waals surface area contributed by atoms with Crippen molar-refractivity contribution in [3.63, 3.8) is 0 Å². The number of cyclic esters (lactones) is 1. The summed E-state index contributed by atoms with van der Waals surface area (Å²) in [5.74, 6) is -6.76. The van der Waals surface area contributed by atoms with Gasteiger partial charge in [-0.3, -0.25) is 29.0 Å². The number of phenolic OH excluding ortho intramolecular Hbond substituents is 2. The van der Waals surface area contributed by atoms with E-state index in [1.54, 1.807) is 50.2 Å². The van der Waals surface area contributed by atoms with Crippen LogP contribution >= 0.6 is 0 Å². The van der Waals surface area contributed by atoms with Crippen molar-refractivity contribution in [2.24, 2.45) is 0 Å². The minimum absolute atomic E-state index is 0.172. The molecular formula is C38H44N2O12. The number of carboxylic acids is 4. The number of ether oxygens (including phenoxy) is 1. The van der Waals surface area contributed by atoms with Crippen molar-refractivity contribution in [3.05, 3.63) is 92.0 Å². The predicted molar refractivity (Wildman–Crippen MR) is 187 cm³/mol. The first-order valence-corrected chi connectivity index (χ1v) is 16.7. The fourth-order valence-electron chi connectivity index (χ4n) is 7.00. The molecule has 0 radical (unpaired) electrons. The lowest BCUT2D eigenvalue weighted by Crippen LogP contribution is -2.36. The van der Waals surface area contributed by atoms with Crippen molar-refractivity contribution in [1.29, 1.82) is 0 Å². The van der Waals surface area contributed by atoms with Crippen molar-refractivity contribution < 1.29 is 59.3 Å². The van der Waals surface area contributed by atoms with Crippen LogP contribution in [0.1, 0.15) is 100.0 Å². The van der Waals surface area contributed by atoms with Crippen LogP contribution in [0, 0.1) is 13.8 Å². The Morgan fingerprint density at radius 2 is 1.02 bits per heavy atom. The molecule has 14 nitrogen and oxygen atoms in total. The van der Waals surface area contributed by atoms with E-state index in [1.807, 2.05) is 27.7 Å². The van der Waals surface area contributed by atoms with E-state index < -0.39 is 61.6 Å². The van der Waals surface area contributed by atoms with Gasteiger partial charge < -0.3 is 35.4 Å². The standard InChI is InChI=1S/C38H44N2O12/c1-19(2)24-11-29(21(5)26(35(24)49)13-39(15-31(41)42)16-32(43)44)38(28-10-8-7-9-23(28)37(51)52-38)30-12-25(20(3)4)36(50)27(22(30)6)14-40(17-33(45)46)18-34(47)48/h7-12,19-20,49-50H,13-18H2,1-6H3,(H,41,42)(H,43,44)(H,45,46)(H,47,48). The molecule has 0 atom stereocenters. The van der Waals surface area contributed by atoms with Gasteiger partial charge in [0.25, 0.3) is 0 Å². The number of aromatic hydroxyl groups is 2. The average molecular weight is 721 g/mol. The Bertz CT molecular complexity index is 1800. The predicted octanol–water partition coefficient (Wildman–Crippen LogP) is 4.37. The van der Waals surface area contributed by atoms with E-state index in [1.165, 1.54) is 0 Å². The summed E-state index contributed by atoms with van der Waals surface area (Å²) in [5, 5.41) is 61.6. The Kier molecular flexibility index (Phi) is 11.7. The van der Waals surface area contributed by atoms with Gasteiger partial charge in [-0.2, -0.15) is 0 Å². The number of phenols is 2. The summed E-state index contributed by atoms with van der Waals surface area (Å²) in [4.78, 5) is 63.1. The number of benzene rings is 3. The number of hydrogen-bond acceptors (Lipinski definition) is 10. The SMILES string of the molecule is Cc1c(C2(c3cc(C(C)C)c(O)c(CN(CC(=O)O)CC(=O)O)c3C)OC(=O)c3ccccc32)cc(C(C)C)c(O)c1CN(CC(=O)O)CC(=O)O. The molecule has 0 bridgehead atoms. The summed E-state index contributed by atoms with van der Waals surface area (Å²) < 4.78 is 6.47. The van der Waals surface area contributed by atoms with Crippen LogP contribution in [-0.2, 0) is 42.6 Å². The van der Waals surface area contributed by atoms with E-state index in [4.69, 9.17) is 4.74 Å². The summed E-state index contributed by atoms with van der Waals surface area (Å²) in [6.07, 6.45) is 0. The molecule has 278 valence electrons. The first kappa shape index (κ1) is 39.3. The molecule has 1 aliphatic heterocycles. The van der Waals surface area contributed by atoms with Crippen molar-refractivity contribution in [2.75, 3.05) is 26.2 Å². The van der Waals surface area contributed by atoms with Crippen LogP contribution in [0.25, 0.3) is 0 Å². The summed E-state index contributed by atoms with van der Waals surface area (Å²) in [6, 6.07) is 10.1. The minimum Gasteiger partial charge on any atom is -0.507 e. The molecule has 52 heavy (non-hydrogen) atoms. The monoisotopic (exact) mass is 720 g/mol. The summed E-state index contributed by atoms with van der Waals surface area (Å²) in [5.41, 5.74) is 1.70. The molecule has 0 saturated carbocycles. The molecule has 0 aliphatic carbocycles. The van der Waals surface area contributed by atoms with Crippen molar-refractivity contribution in [1.82, 2.24) is 9.80 Å². The van der Waals surface area contributed by atoms with Gasteiger partial charge in [0.2, 0.25) is 0 Å². The number of hydrogen-bond donors (Lipinski definition) is 6. The number of nitrogens with zero attached hydrogens (tertiary/aromatic N) is 2. The molecule has 14 heteroatoms. The highest BCUT2D eigenvalue weighted by Crippen LogP contribution is 2.53. The second-order valence-electron chi connectivity index (χ2n) is 13.7. The maximum absolute atomic E-state index is 13.8. The molecule has 0 aromatic heterocycles. The molecule has 0 saturated heterocycles. The van der Waals surface area contributed by atoms with Crippen LogP contribution in [0.2, 0.25) is 0 Å². The number of esters is 1. The number of carbonyl (C=O) groups excluding carboxylic acids is 1. The van der Waals surface area contributed by atoms with Crippen LogP contribution in [0.3, 0.4) is 0 Å². The highest BCUT2D eigenvalue weighted by molar-refractivity contribution is 5.96. The summed E-state index contributed by atoms with van der Waals surface area (Å²) >= 11 is 0. The van der Waals surface area contributed by atoms with E-state index in [2.05, 4.69) is 0 Å². The molecule has 6 N–H and O–H groups in total. The van der Waals surface area contributed by atoms with Crippen LogP contribution in [-0.4, -0.2) is 96.5 Å². The van der Waals surface area contributed by atoms with Gasteiger partial charge in [0, 0.05) is 40.9 Å². The fourth-order valence-corrected chi connectivity index (χ4v) is 7.00. The lowest BCUT2D eigenvalue weighted by Gasteiger charge is -2.36. The second kappa shape index (κ2) is 15.4. The molecule has 0 amide bonds. The third-order valence-corrected chi connectivity index (χ3v) is 9.41. The average Bonchev–Trinajstić information content (AvgIpc) is 3.32. The van der Waals surface area contributed by atoms with E-state index >= 15 is 0 Å². The van der Waals surface area contributed by atoms with Gasteiger partial charge in [0.15, 0.2) is 5.60 Å². The smallest absolute Gasteiger partial charge is 0.340 e.